The number of aromatic nitrogens is 2. The fourth-order valence-corrected chi connectivity index (χ4v) is 3.57. The monoisotopic (exact) mass is 368 g/mol. The summed E-state index contributed by atoms with van der Waals surface area (Å²) in [5.41, 5.74) is 2.76. The number of anilines is 2. The predicted octanol–water partition coefficient (Wildman–Crippen LogP) is 3.31. The number of benzene rings is 2. The van der Waals surface area contributed by atoms with Crippen molar-refractivity contribution in [2.75, 3.05) is 36.0 Å². The van der Waals surface area contributed by atoms with Crippen LogP contribution in [0.25, 0.3) is 10.9 Å². The summed E-state index contributed by atoms with van der Waals surface area (Å²) in [6.45, 7) is 3.36. The Bertz CT molecular complexity index is 971. The Kier molecular flexibility index (Phi) is 4.34. The molecule has 1 fully saturated rings. The molecule has 0 spiro atoms. The van der Waals surface area contributed by atoms with Crippen LogP contribution in [0.5, 0.6) is 0 Å². The minimum absolute atomic E-state index is 0.198. The van der Waals surface area contributed by atoms with Crippen LogP contribution in [0.3, 0.4) is 0 Å². The number of nitrogens with zero attached hydrogens (tertiary/aromatic N) is 4. The summed E-state index contributed by atoms with van der Waals surface area (Å²) < 4.78 is 0. The molecule has 0 unspecified atom stereocenters. The van der Waals surface area contributed by atoms with Gasteiger partial charge < -0.3 is 14.9 Å². The van der Waals surface area contributed by atoms with E-state index in [4.69, 9.17) is 11.6 Å². The second-order valence-corrected chi connectivity index (χ2v) is 6.61. The van der Waals surface area contributed by atoms with Crippen LogP contribution < -0.4 is 9.80 Å². The van der Waals surface area contributed by atoms with E-state index < -0.39 is 5.97 Å². The minimum atomic E-state index is -0.981. The summed E-state index contributed by atoms with van der Waals surface area (Å²) in [6.07, 6.45) is 3.07. The average molecular weight is 369 g/mol. The standard InChI is InChI=1S/C19H17ClN4O2/c20-13-2-1-3-14(10-13)23-6-8-24(9-7-23)17-5-4-15(19(25)26)18-16(17)11-21-12-22-18/h1-5,10-12H,6-9H2,(H,25,26). The molecule has 1 N–H and O–H groups in total. The van der Waals surface area contributed by atoms with Gasteiger partial charge in [-0.05, 0) is 30.3 Å². The van der Waals surface area contributed by atoms with E-state index in [1.165, 1.54) is 6.33 Å². The van der Waals surface area contributed by atoms with Crippen molar-refractivity contribution >= 4 is 39.8 Å². The molecule has 3 aromatic rings. The molecule has 2 aromatic carbocycles. The molecule has 1 aliphatic heterocycles. The van der Waals surface area contributed by atoms with Crippen LogP contribution in [0, 0.1) is 0 Å². The zero-order valence-corrected chi connectivity index (χ0v) is 14.7. The zero-order valence-electron chi connectivity index (χ0n) is 14.0. The Balaban J connectivity index is 1.60. The van der Waals surface area contributed by atoms with Gasteiger partial charge in [-0.25, -0.2) is 14.8 Å². The smallest absolute Gasteiger partial charge is 0.337 e. The average Bonchev–Trinajstić information content (AvgIpc) is 2.67. The normalized spacial score (nSPS) is 14.7. The van der Waals surface area contributed by atoms with Crippen molar-refractivity contribution < 1.29 is 9.90 Å². The molecule has 2 heterocycles. The first-order valence-corrected chi connectivity index (χ1v) is 8.73. The predicted molar refractivity (Wildman–Crippen MR) is 102 cm³/mol. The van der Waals surface area contributed by atoms with Gasteiger partial charge in [-0.1, -0.05) is 17.7 Å². The Morgan fingerprint density at radius 2 is 1.85 bits per heavy atom. The number of halogens is 1. The number of carboxylic acids is 1. The Morgan fingerprint density at radius 3 is 2.58 bits per heavy atom. The van der Waals surface area contributed by atoms with E-state index in [2.05, 4.69) is 25.8 Å². The van der Waals surface area contributed by atoms with Crippen LogP contribution in [-0.2, 0) is 0 Å². The van der Waals surface area contributed by atoms with E-state index in [9.17, 15) is 9.90 Å². The van der Waals surface area contributed by atoms with E-state index >= 15 is 0 Å². The number of hydrogen-bond acceptors (Lipinski definition) is 5. The highest BCUT2D eigenvalue weighted by molar-refractivity contribution is 6.30. The fourth-order valence-electron chi connectivity index (χ4n) is 3.39. The summed E-state index contributed by atoms with van der Waals surface area (Å²) in [7, 11) is 0. The molecule has 0 amide bonds. The van der Waals surface area contributed by atoms with Gasteiger partial charge in [-0.3, -0.25) is 0 Å². The van der Waals surface area contributed by atoms with Gasteiger partial charge in [0, 0.05) is 54.2 Å². The maximum absolute atomic E-state index is 11.4. The molecular formula is C19H17ClN4O2. The second kappa shape index (κ2) is 6.80. The van der Waals surface area contributed by atoms with Gasteiger partial charge in [-0.2, -0.15) is 0 Å². The van der Waals surface area contributed by atoms with Crippen LogP contribution in [-0.4, -0.2) is 47.2 Å². The van der Waals surface area contributed by atoms with Crippen molar-refractivity contribution in [3.63, 3.8) is 0 Å². The summed E-state index contributed by atoms with van der Waals surface area (Å²) in [5.74, 6) is -0.981. The molecule has 132 valence electrons. The van der Waals surface area contributed by atoms with Gasteiger partial charge in [0.15, 0.2) is 0 Å². The lowest BCUT2D eigenvalue weighted by molar-refractivity contribution is 0.0699. The Hall–Kier alpha value is -2.86. The summed E-state index contributed by atoms with van der Waals surface area (Å²) in [5, 5.41) is 10.9. The van der Waals surface area contributed by atoms with Crippen molar-refractivity contribution in [2.45, 2.75) is 0 Å². The highest BCUT2D eigenvalue weighted by Crippen LogP contribution is 2.29. The quantitative estimate of drug-likeness (QED) is 0.764. The number of aromatic carboxylic acids is 1. The van der Waals surface area contributed by atoms with Crippen molar-refractivity contribution in [3.05, 3.63) is 59.5 Å². The van der Waals surface area contributed by atoms with E-state index in [-0.39, 0.29) is 5.56 Å². The number of piperazine rings is 1. The van der Waals surface area contributed by atoms with Gasteiger partial charge in [0.25, 0.3) is 0 Å². The summed E-state index contributed by atoms with van der Waals surface area (Å²) in [4.78, 5) is 24.3. The number of rotatable bonds is 3. The van der Waals surface area contributed by atoms with E-state index in [0.717, 1.165) is 48.0 Å². The molecule has 0 bridgehead atoms. The molecule has 26 heavy (non-hydrogen) atoms. The minimum Gasteiger partial charge on any atom is -0.478 e. The summed E-state index contributed by atoms with van der Waals surface area (Å²) in [6, 6.07) is 11.3. The molecular weight excluding hydrogens is 352 g/mol. The topological polar surface area (TPSA) is 69.6 Å². The molecule has 1 aromatic heterocycles. The van der Waals surface area contributed by atoms with Crippen LogP contribution in [0.2, 0.25) is 5.02 Å². The highest BCUT2D eigenvalue weighted by Gasteiger charge is 2.21. The highest BCUT2D eigenvalue weighted by atomic mass is 35.5. The number of fused-ring (bicyclic) bond motifs is 1. The second-order valence-electron chi connectivity index (χ2n) is 6.18. The first kappa shape index (κ1) is 16.6. The summed E-state index contributed by atoms with van der Waals surface area (Å²) >= 11 is 6.10. The third kappa shape index (κ3) is 3.04. The number of carboxylic acid groups (broad SMARTS) is 1. The van der Waals surface area contributed by atoms with Crippen LogP contribution in [0.15, 0.2) is 48.9 Å². The molecule has 0 radical (unpaired) electrons. The van der Waals surface area contributed by atoms with Crippen molar-refractivity contribution in [3.8, 4) is 0 Å². The maximum atomic E-state index is 11.4. The fraction of sp³-hybridized carbons (Fsp3) is 0.211. The van der Waals surface area contributed by atoms with Gasteiger partial charge >= 0.3 is 5.97 Å². The Labute approximate surface area is 155 Å². The first-order chi connectivity index (χ1) is 12.6. The molecule has 0 saturated carbocycles. The largest absolute Gasteiger partial charge is 0.478 e. The molecule has 4 rings (SSSR count). The molecule has 0 aliphatic carbocycles. The SMILES string of the molecule is O=C(O)c1ccc(N2CCN(c3cccc(Cl)c3)CC2)c2cncnc12. The van der Waals surface area contributed by atoms with Crippen LogP contribution >= 0.6 is 11.6 Å². The van der Waals surface area contributed by atoms with E-state index in [1.807, 2.05) is 24.3 Å². The number of carbonyl (C=O) groups is 1. The lowest BCUT2D eigenvalue weighted by atomic mass is 10.1. The van der Waals surface area contributed by atoms with Gasteiger partial charge in [-0.15, -0.1) is 0 Å². The van der Waals surface area contributed by atoms with Gasteiger partial charge in [0.2, 0.25) is 0 Å². The van der Waals surface area contributed by atoms with Crippen LogP contribution in [0.1, 0.15) is 10.4 Å². The molecule has 0 atom stereocenters. The third-order valence-electron chi connectivity index (χ3n) is 4.68. The zero-order chi connectivity index (χ0) is 18.1. The van der Waals surface area contributed by atoms with E-state index in [0.29, 0.717) is 5.52 Å². The molecule has 1 saturated heterocycles. The Morgan fingerprint density at radius 1 is 1.08 bits per heavy atom. The number of hydrogen-bond donors (Lipinski definition) is 1. The first-order valence-electron chi connectivity index (χ1n) is 8.35. The molecule has 1 aliphatic rings. The van der Waals surface area contributed by atoms with Gasteiger partial charge in [0.05, 0.1) is 11.1 Å². The van der Waals surface area contributed by atoms with E-state index in [1.54, 1.807) is 12.3 Å². The van der Waals surface area contributed by atoms with Gasteiger partial charge in [0.1, 0.15) is 6.33 Å². The van der Waals surface area contributed by atoms with Crippen molar-refractivity contribution in [1.82, 2.24) is 9.97 Å². The third-order valence-corrected chi connectivity index (χ3v) is 4.91. The van der Waals surface area contributed by atoms with Crippen LogP contribution in [0.4, 0.5) is 11.4 Å². The van der Waals surface area contributed by atoms with Crippen molar-refractivity contribution in [1.29, 1.82) is 0 Å². The lowest BCUT2D eigenvalue weighted by Crippen LogP contribution is -2.46. The lowest BCUT2D eigenvalue weighted by Gasteiger charge is -2.37. The maximum Gasteiger partial charge on any atom is 0.337 e. The molecule has 7 heteroatoms. The molecule has 6 nitrogen and oxygen atoms in total. The van der Waals surface area contributed by atoms with Crippen molar-refractivity contribution in [2.24, 2.45) is 0 Å².